The van der Waals surface area contributed by atoms with Crippen molar-refractivity contribution >= 4 is 27.8 Å². The van der Waals surface area contributed by atoms with Crippen LogP contribution in [0.15, 0.2) is 71.1 Å². The largest absolute Gasteiger partial charge is 0.497 e. The van der Waals surface area contributed by atoms with E-state index in [-0.39, 0.29) is 18.6 Å². The van der Waals surface area contributed by atoms with Gasteiger partial charge in [0.2, 0.25) is 0 Å². The molecule has 1 heterocycles. The molecule has 0 aliphatic heterocycles. The summed E-state index contributed by atoms with van der Waals surface area (Å²) in [5, 5.41) is 4.97. The second-order valence-corrected chi connectivity index (χ2v) is 7.60. The Kier molecular flexibility index (Phi) is 6.09. The van der Waals surface area contributed by atoms with E-state index in [1.807, 2.05) is 80.8 Å². The van der Waals surface area contributed by atoms with Crippen molar-refractivity contribution in [3.05, 3.63) is 72.3 Å². The number of furan rings is 1. The fraction of sp³-hybridized carbons (Fsp3) is 0.240. The number of nitrogens with one attached hydrogen (secondary N) is 1. The topological polar surface area (TPSA) is 63.9 Å². The summed E-state index contributed by atoms with van der Waals surface area (Å²) < 4.78 is 16.8. The Morgan fingerprint density at radius 2 is 1.68 bits per heavy atom. The van der Waals surface area contributed by atoms with Gasteiger partial charge in [0.25, 0.3) is 5.91 Å². The standard InChI is InChI=1S/C25H26N2O4/c1-27(2)22(17-8-10-18(29-3)11-9-17)15-26-25(28)16-30-19-12-13-24-21(14-19)20-6-4-5-7-23(20)31-24/h4-14,22H,15-16H2,1-3H3,(H,26,28). The van der Waals surface area contributed by atoms with E-state index in [2.05, 4.69) is 10.2 Å². The van der Waals surface area contributed by atoms with Crippen molar-refractivity contribution in [1.29, 1.82) is 0 Å². The number of nitrogens with zero attached hydrogens (tertiary/aromatic N) is 1. The highest BCUT2D eigenvalue weighted by atomic mass is 16.5. The van der Waals surface area contributed by atoms with E-state index in [1.54, 1.807) is 7.11 Å². The second-order valence-electron chi connectivity index (χ2n) is 7.60. The third-order valence-corrected chi connectivity index (χ3v) is 5.33. The van der Waals surface area contributed by atoms with Crippen LogP contribution in [0.25, 0.3) is 21.9 Å². The number of hydrogen-bond donors (Lipinski definition) is 1. The van der Waals surface area contributed by atoms with Crippen molar-refractivity contribution in [3.8, 4) is 11.5 Å². The van der Waals surface area contributed by atoms with Crippen LogP contribution < -0.4 is 14.8 Å². The minimum Gasteiger partial charge on any atom is -0.497 e. The zero-order valence-electron chi connectivity index (χ0n) is 17.9. The van der Waals surface area contributed by atoms with E-state index in [0.29, 0.717) is 12.3 Å². The first-order valence-electron chi connectivity index (χ1n) is 10.2. The molecule has 0 saturated carbocycles. The quantitative estimate of drug-likeness (QED) is 0.460. The van der Waals surface area contributed by atoms with Gasteiger partial charge in [-0.1, -0.05) is 30.3 Å². The van der Waals surface area contributed by atoms with Crippen LogP contribution in [0.3, 0.4) is 0 Å². The molecule has 0 aliphatic carbocycles. The SMILES string of the molecule is COc1ccc(C(CNC(=O)COc2ccc3oc4ccccc4c3c2)N(C)C)cc1. The molecule has 6 nitrogen and oxygen atoms in total. The average Bonchev–Trinajstić information content (AvgIpc) is 3.16. The van der Waals surface area contributed by atoms with Crippen molar-refractivity contribution in [2.75, 3.05) is 34.4 Å². The van der Waals surface area contributed by atoms with Gasteiger partial charge in [-0.3, -0.25) is 4.79 Å². The lowest BCUT2D eigenvalue weighted by Gasteiger charge is -2.25. The summed E-state index contributed by atoms with van der Waals surface area (Å²) in [6.45, 7) is 0.428. The lowest BCUT2D eigenvalue weighted by molar-refractivity contribution is -0.123. The Morgan fingerprint density at radius 3 is 2.42 bits per heavy atom. The van der Waals surface area contributed by atoms with Crippen LogP contribution in [0.4, 0.5) is 0 Å². The Balaban J connectivity index is 1.37. The van der Waals surface area contributed by atoms with Crippen LogP contribution in [0.1, 0.15) is 11.6 Å². The number of benzene rings is 3. The smallest absolute Gasteiger partial charge is 0.258 e. The minimum absolute atomic E-state index is 0.0449. The summed E-state index contributed by atoms with van der Waals surface area (Å²) in [6, 6.07) is 21.4. The van der Waals surface area contributed by atoms with Crippen LogP contribution in [0.2, 0.25) is 0 Å². The third kappa shape index (κ3) is 4.64. The summed E-state index contributed by atoms with van der Waals surface area (Å²) in [7, 11) is 5.62. The number of hydrogen-bond acceptors (Lipinski definition) is 5. The van der Waals surface area contributed by atoms with Gasteiger partial charge in [0, 0.05) is 17.3 Å². The second kappa shape index (κ2) is 9.10. The van der Waals surface area contributed by atoms with E-state index in [9.17, 15) is 4.79 Å². The van der Waals surface area contributed by atoms with Crippen LogP contribution >= 0.6 is 0 Å². The first-order valence-corrected chi connectivity index (χ1v) is 10.2. The molecular weight excluding hydrogens is 392 g/mol. The maximum absolute atomic E-state index is 12.4. The van der Waals surface area contributed by atoms with E-state index >= 15 is 0 Å². The molecule has 0 bridgehead atoms. The molecule has 1 aromatic heterocycles. The van der Waals surface area contributed by atoms with Gasteiger partial charge in [0.05, 0.1) is 13.2 Å². The first kappa shape index (κ1) is 20.8. The van der Waals surface area contributed by atoms with Crippen LogP contribution in [-0.2, 0) is 4.79 Å². The highest BCUT2D eigenvalue weighted by Crippen LogP contribution is 2.31. The van der Waals surface area contributed by atoms with E-state index in [1.165, 1.54) is 0 Å². The lowest BCUT2D eigenvalue weighted by Crippen LogP contribution is -2.36. The number of ether oxygens (including phenoxy) is 2. The van der Waals surface area contributed by atoms with Crippen molar-refractivity contribution in [3.63, 3.8) is 0 Å². The van der Waals surface area contributed by atoms with Crippen molar-refractivity contribution < 1.29 is 18.7 Å². The molecule has 0 fully saturated rings. The Bertz CT molecular complexity index is 1180. The van der Waals surface area contributed by atoms with Gasteiger partial charge in [0.1, 0.15) is 22.7 Å². The molecule has 4 aromatic rings. The van der Waals surface area contributed by atoms with Crippen LogP contribution in [-0.4, -0.2) is 45.2 Å². The molecule has 0 radical (unpaired) electrons. The predicted octanol–water partition coefficient (Wildman–Crippen LogP) is 4.39. The van der Waals surface area contributed by atoms with Gasteiger partial charge in [-0.25, -0.2) is 0 Å². The van der Waals surface area contributed by atoms with Gasteiger partial charge < -0.3 is 24.1 Å². The number of methoxy groups -OCH3 is 1. The highest BCUT2D eigenvalue weighted by Gasteiger charge is 2.16. The maximum Gasteiger partial charge on any atom is 0.258 e. The number of carbonyl (C=O) groups is 1. The number of amides is 1. The minimum atomic E-state index is -0.169. The van der Waals surface area contributed by atoms with Crippen molar-refractivity contribution in [2.45, 2.75) is 6.04 Å². The summed E-state index contributed by atoms with van der Waals surface area (Å²) in [5.41, 5.74) is 2.73. The Labute approximate surface area is 181 Å². The fourth-order valence-corrected chi connectivity index (χ4v) is 3.63. The number of rotatable bonds is 8. The molecule has 31 heavy (non-hydrogen) atoms. The summed E-state index contributed by atoms with van der Waals surface area (Å²) >= 11 is 0. The zero-order valence-corrected chi connectivity index (χ0v) is 17.9. The number of para-hydroxylation sites is 1. The molecule has 1 atom stereocenters. The number of likely N-dealkylation sites (N-methyl/N-ethyl adjacent to an activating group) is 1. The molecule has 4 rings (SSSR count). The normalized spacial score (nSPS) is 12.3. The summed E-state index contributed by atoms with van der Waals surface area (Å²) in [4.78, 5) is 14.5. The molecule has 1 unspecified atom stereocenters. The molecule has 160 valence electrons. The molecule has 1 N–H and O–H groups in total. The van der Waals surface area contributed by atoms with Gasteiger partial charge >= 0.3 is 0 Å². The molecule has 0 aliphatic rings. The fourth-order valence-electron chi connectivity index (χ4n) is 3.63. The zero-order chi connectivity index (χ0) is 21.8. The van der Waals surface area contributed by atoms with E-state index < -0.39 is 0 Å². The number of carbonyl (C=O) groups excluding carboxylic acids is 1. The van der Waals surface area contributed by atoms with E-state index in [0.717, 1.165) is 33.3 Å². The number of fused-ring (bicyclic) bond motifs is 3. The predicted molar refractivity (Wildman–Crippen MR) is 122 cm³/mol. The maximum atomic E-state index is 12.4. The van der Waals surface area contributed by atoms with Gasteiger partial charge in [-0.05, 0) is 56.1 Å². The molecule has 0 saturated heterocycles. The lowest BCUT2D eigenvalue weighted by atomic mass is 10.1. The third-order valence-electron chi connectivity index (χ3n) is 5.33. The van der Waals surface area contributed by atoms with Gasteiger partial charge in [0.15, 0.2) is 6.61 Å². The summed E-state index contributed by atoms with van der Waals surface area (Å²) in [5.74, 6) is 1.27. The van der Waals surface area contributed by atoms with Crippen molar-refractivity contribution in [2.24, 2.45) is 0 Å². The Morgan fingerprint density at radius 1 is 0.968 bits per heavy atom. The molecule has 0 spiro atoms. The molecular formula is C25H26N2O4. The van der Waals surface area contributed by atoms with E-state index in [4.69, 9.17) is 13.9 Å². The first-order chi connectivity index (χ1) is 15.0. The van der Waals surface area contributed by atoms with Crippen LogP contribution in [0.5, 0.6) is 11.5 Å². The monoisotopic (exact) mass is 418 g/mol. The molecule has 3 aromatic carbocycles. The average molecular weight is 418 g/mol. The van der Waals surface area contributed by atoms with Crippen LogP contribution in [0, 0.1) is 0 Å². The molecule has 1 amide bonds. The molecule has 6 heteroatoms. The highest BCUT2D eigenvalue weighted by molar-refractivity contribution is 6.05. The Hall–Kier alpha value is -3.51. The van der Waals surface area contributed by atoms with Crippen molar-refractivity contribution in [1.82, 2.24) is 10.2 Å². The summed E-state index contributed by atoms with van der Waals surface area (Å²) in [6.07, 6.45) is 0. The van der Waals surface area contributed by atoms with Gasteiger partial charge in [-0.15, -0.1) is 0 Å². The van der Waals surface area contributed by atoms with Gasteiger partial charge in [-0.2, -0.15) is 0 Å².